The monoisotopic (exact) mass is 701 g/mol. The molecule has 13 heteroatoms. The van der Waals surface area contributed by atoms with E-state index in [1.165, 1.54) is 37.6 Å². The molecule has 7 N–H and O–H groups in total. The largest absolute Gasteiger partial charge is 0.506 e. The van der Waals surface area contributed by atoms with Crippen LogP contribution in [0.2, 0.25) is 0 Å². The van der Waals surface area contributed by atoms with Crippen LogP contribution in [0.5, 0.6) is 11.5 Å². The van der Waals surface area contributed by atoms with Gasteiger partial charge in [-0.25, -0.2) is 14.8 Å². The Morgan fingerprint density at radius 1 is 0.923 bits per heavy atom. The first kappa shape index (κ1) is 35.4. The third-order valence-electron chi connectivity index (χ3n) is 8.65. The van der Waals surface area contributed by atoms with Crippen LogP contribution in [-0.4, -0.2) is 60.9 Å². The maximum absolute atomic E-state index is 13.1. The van der Waals surface area contributed by atoms with Gasteiger partial charge in [-0.05, 0) is 47.5 Å². The minimum atomic E-state index is -2.29. The van der Waals surface area contributed by atoms with Crippen LogP contribution in [0, 0.1) is 0 Å². The first-order valence-corrected chi connectivity index (χ1v) is 16.2. The molecule has 0 fully saturated rings. The fourth-order valence-electron chi connectivity index (χ4n) is 5.92. The van der Waals surface area contributed by atoms with E-state index >= 15 is 0 Å². The Hall–Kier alpha value is -6.41. The average molecular weight is 702 g/mol. The van der Waals surface area contributed by atoms with E-state index < -0.39 is 17.7 Å². The molecule has 0 bridgehead atoms. The smallest absolute Gasteiger partial charge is 0.345 e. The van der Waals surface area contributed by atoms with E-state index in [4.69, 9.17) is 4.74 Å². The van der Waals surface area contributed by atoms with Crippen molar-refractivity contribution >= 4 is 22.8 Å². The van der Waals surface area contributed by atoms with E-state index in [1.54, 1.807) is 78.9 Å². The highest BCUT2D eigenvalue weighted by Gasteiger charge is 2.40. The maximum Gasteiger partial charge on any atom is 0.345 e. The molecule has 6 aromatic rings. The standard InChI is InChI=1S/C39H35N5O8/c1-52-33-19-24(10-11-25(33)20-40-22-32(46)29-12-14-31(45)35-30(29)13-15-34(47)44-35)37(48)42-21-28-16-17-41-36(43-28)23-6-5-9-27(18-23)39(51,38(49)50)26-7-3-2-4-8-26/h2-19,32,40,45-46,51H,20-22H2,1H3,(H,42,48)(H,44,47)(H,49,50)/t32-,39-/m0/s1. The van der Waals surface area contributed by atoms with Gasteiger partial charge in [0.1, 0.15) is 11.5 Å². The summed E-state index contributed by atoms with van der Waals surface area (Å²) in [5.74, 6) is -1.14. The minimum absolute atomic E-state index is 0.0699. The first-order chi connectivity index (χ1) is 25.1. The lowest BCUT2D eigenvalue weighted by Gasteiger charge is -2.25. The Kier molecular flexibility index (Phi) is 10.4. The van der Waals surface area contributed by atoms with Crippen molar-refractivity contribution in [2.75, 3.05) is 13.7 Å². The van der Waals surface area contributed by atoms with Gasteiger partial charge in [0.2, 0.25) is 11.2 Å². The summed E-state index contributed by atoms with van der Waals surface area (Å²) >= 11 is 0. The Bertz CT molecular complexity index is 2310. The fourth-order valence-corrected chi connectivity index (χ4v) is 5.92. The van der Waals surface area contributed by atoms with Crippen molar-refractivity contribution in [3.05, 3.63) is 153 Å². The number of H-pyrrole nitrogens is 1. The van der Waals surface area contributed by atoms with Gasteiger partial charge in [-0.3, -0.25) is 9.59 Å². The van der Waals surface area contributed by atoms with Gasteiger partial charge in [0, 0.05) is 53.0 Å². The van der Waals surface area contributed by atoms with Crippen LogP contribution in [0.25, 0.3) is 22.3 Å². The topological polar surface area (TPSA) is 207 Å². The second-order valence-corrected chi connectivity index (χ2v) is 12.0. The molecule has 6 rings (SSSR count). The number of fused-ring (bicyclic) bond motifs is 1. The number of pyridine rings is 1. The molecule has 2 atom stereocenters. The number of aromatic nitrogens is 3. The number of hydrogen-bond acceptors (Lipinski definition) is 10. The Labute approximate surface area is 297 Å². The highest BCUT2D eigenvalue weighted by Crippen LogP contribution is 2.32. The van der Waals surface area contributed by atoms with E-state index in [9.17, 15) is 34.8 Å². The Balaban J connectivity index is 1.09. The number of methoxy groups -OCH3 is 1. The van der Waals surface area contributed by atoms with Crippen LogP contribution >= 0.6 is 0 Å². The normalized spacial score (nSPS) is 12.9. The number of carbonyl (C=O) groups excluding carboxylic acids is 1. The van der Waals surface area contributed by atoms with E-state index in [-0.39, 0.29) is 52.8 Å². The van der Waals surface area contributed by atoms with E-state index in [0.717, 1.165) is 5.56 Å². The molecule has 4 aromatic carbocycles. The number of phenols is 1. The average Bonchev–Trinajstić information content (AvgIpc) is 3.17. The van der Waals surface area contributed by atoms with Gasteiger partial charge in [0.15, 0.2) is 5.82 Å². The number of ether oxygens (including phenoxy) is 1. The molecule has 2 heterocycles. The molecule has 13 nitrogen and oxygen atoms in total. The van der Waals surface area contributed by atoms with Crippen molar-refractivity contribution in [2.45, 2.75) is 24.8 Å². The van der Waals surface area contributed by atoms with Crippen LogP contribution in [0.1, 0.15) is 44.4 Å². The number of aliphatic carboxylic acids is 1. The zero-order valence-corrected chi connectivity index (χ0v) is 27.9. The molecule has 0 spiro atoms. The van der Waals surface area contributed by atoms with Crippen LogP contribution in [0.3, 0.4) is 0 Å². The number of aromatic amines is 1. The highest BCUT2D eigenvalue weighted by molar-refractivity contribution is 5.94. The summed E-state index contributed by atoms with van der Waals surface area (Å²) < 4.78 is 5.55. The van der Waals surface area contributed by atoms with Crippen LogP contribution in [0.15, 0.2) is 114 Å². The summed E-state index contributed by atoms with van der Waals surface area (Å²) in [4.78, 5) is 48.6. The molecule has 264 valence electrons. The Morgan fingerprint density at radius 2 is 1.71 bits per heavy atom. The molecule has 0 radical (unpaired) electrons. The molecule has 0 saturated heterocycles. The number of nitrogens with one attached hydrogen (secondary N) is 3. The quantitative estimate of drug-likeness (QED) is 0.0923. The number of amides is 1. The third kappa shape index (κ3) is 7.37. The van der Waals surface area contributed by atoms with Crippen molar-refractivity contribution in [1.29, 1.82) is 0 Å². The minimum Gasteiger partial charge on any atom is -0.506 e. The number of hydrogen-bond donors (Lipinski definition) is 7. The van der Waals surface area contributed by atoms with Gasteiger partial charge >= 0.3 is 5.97 Å². The summed E-state index contributed by atoms with van der Waals surface area (Å²) in [6.45, 7) is 0.540. The lowest BCUT2D eigenvalue weighted by Crippen LogP contribution is -2.36. The molecule has 0 unspecified atom stereocenters. The number of aromatic hydroxyl groups is 1. The van der Waals surface area contributed by atoms with Crippen molar-refractivity contribution in [2.24, 2.45) is 0 Å². The summed E-state index contributed by atoms with van der Waals surface area (Å²) in [6, 6.07) is 27.1. The van der Waals surface area contributed by atoms with E-state index in [1.807, 2.05) is 0 Å². The molecule has 2 aromatic heterocycles. The number of nitrogens with zero attached hydrogens (tertiary/aromatic N) is 2. The Morgan fingerprint density at radius 3 is 2.48 bits per heavy atom. The summed E-state index contributed by atoms with van der Waals surface area (Å²) in [6.07, 6.45) is 0.586. The van der Waals surface area contributed by atoms with E-state index in [0.29, 0.717) is 40.1 Å². The predicted molar refractivity (Wildman–Crippen MR) is 192 cm³/mol. The molecule has 0 saturated carbocycles. The zero-order valence-electron chi connectivity index (χ0n) is 27.9. The number of aliphatic hydroxyl groups excluding tert-OH is 1. The number of rotatable bonds is 13. The highest BCUT2D eigenvalue weighted by atomic mass is 16.5. The van der Waals surface area contributed by atoms with E-state index in [2.05, 4.69) is 25.6 Å². The van der Waals surface area contributed by atoms with Gasteiger partial charge in [-0.15, -0.1) is 0 Å². The van der Waals surface area contributed by atoms with Gasteiger partial charge < -0.3 is 40.8 Å². The summed E-state index contributed by atoms with van der Waals surface area (Å²) in [7, 11) is 1.49. The van der Waals surface area contributed by atoms with Gasteiger partial charge in [-0.1, -0.05) is 60.7 Å². The van der Waals surface area contributed by atoms with Crippen molar-refractivity contribution in [3.8, 4) is 22.9 Å². The summed E-state index contributed by atoms with van der Waals surface area (Å²) in [5.41, 5.74) is 0.553. The lowest BCUT2D eigenvalue weighted by molar-refractivity contribution is -0.155. The predicted octanol–water partition coefficient (Wildman–Crippen LogP) is 3.77. The first-order valence-electron chi connectivity index (χ1n) is 16.2. The summed E-state index contributed by atoms with van der Waals surface area (Å²) in [5, 5.41) is 48.9. The number of benzene rings is 4. The molecule has 0 aliphatic carbocycles. The third-order valence-corrected chi connectivity index (χ3v) is 8.65. The maximum atomic E-state index is 13.1. The zero-order chi connectivity index (χ0) is 36.8. The SMILES string of the molecule is COc1cc(C(=O)NCc2ccnc(-c3cccc([C@](O)(C(=O)O)c4ccccc4)c3)n2)ccc1CNC[C@H](O)c1ccc(O)c2[nH]c(=O)ccc12. The number of carboxylic acid groups (broad SMARTS) is 1. The van der Waals surface area contributed by atoms with Crippen molar-refractivity contribution in [1.82, 2.24) is 25.6 Å². The molecule has 52 heavy (non-hydrogen) atoms. The van der Waals surface area contributed by atoms with Crippen LogP contribution < -0.4 is 20.9 Å². The fraction of sp³-hybridized carbons (Fsp3) is 0.154. The number of aliphatic hydroxyl groups is 2. The lowest BCUT2D eigenvalue weighted by atomic mass is 9.85. The molecule has 0 aliphatic rings. The number of carbonyl (C=O) groups is 2. The number of carboxylic acids is 1. The molecular weight excluding hydrogens is 666 g/mol. The number of phenolic OH excluding ortho intramolecular Hbond substituents is 1. The van der Waals surface area contributed by atoms with Gasteiger partial charge in [-0.2, -0.15) is 0 Å². The second kappa shape index (κ2) is 15.2. The molecule has 1 amide bonds. The van der Waals surface area contributed by atoms with Crippen molar-refractivity contribution < 1.29 is 34.8 Å². The van der Waals surface area contributed by atoms with Gasteiger partial charge in [0.05, 0.1) is 31.0 Å². The second-order valence-electron chi connectivity index (χ2n) is 12.0. The molecule has 0 aliphatic heterocycles. The van der Waals surface area contributed by atoms with Crippen LogP contribution in [0.4, 0.5) is 0 Å². The van der Waals surface area contributed by atoms with Crippen molar-refractivity contribution in [3.63, 3.8) is 0 Å². The van der Waals surface area contributed by atoms with Gasteiger partial charge in [0.25, 0.3) is 5.91 Å². The van der Waals surface area contributed by atoms with Crippen LogP contribution in [-0.2, 0) is 23.5 Å². The molecular formula is C39H35N5O8.